The van der Waals surface area contributed by atoms with E-state index in [9.17, 15) is 18.0 Å². The summed E-state index contributed by atoms with van der Waals surface area (Å²) in [5.41, 5.74) is 1.83. The number of hydrogen-bond donors (Lipinski definition) is 1. The number of aryl methyl sites for hydroxylation is 1. The summed E-state index contributed by atoms with van der Waals surface area (Å²) < 4.78 is 40.1. The van der Waals surface area contributed by atoms with Crippen molar-refractivity contribution in [3.05, 3.63) is 83.9 Å². The van der Waals surface area contributed by atoms with Crippen LogP contribution in [0.5, 0.6) is 11.5 Å². The van der Waals surface area contributed by atoms with Crippen molar-refractivity contribution in [3.63, 3.8) is 0 Å². The van der Waals surface area contributed by atoms with E-state index in [1.165, 1.54) is 37.3 Å². The maximum atomic E-state index is 14.1. The Kier molecular flexibility index (Phi) is 10.8. The molecule has 0 aliphatic carbocycles. The number of nitrogens with one attached hydrogen (secondary N) is 1. The van der Waals surface area contributed by atoms with Gasteiger partial charge in [-0.05, 0) is 57.0 Å². The molecule has 0 heterocycles. The second-order valence-electron chi connectivity index (χ2n) is 9.86. The summed E-state index contributed by atoms with van der Waals surface area (Å²) >= 11 is 0. The minimum Gasteiger partial charge on any atom is -0.497 e. The van der Waals surface area contributed by atoms with E-state index < -0.39 is 28.5 Å². The Hall–Kier alpha value is -4.05. The summed E-state index contributed by atoms with van der Waals surface area (Å²) in [5, 5.41) is 2.93. The first-order chi connectivity index (χ1) is 19.5. The molecule has 0 radical (unpaired) electrons. The average molecular weight is 582 g/mol. The lowest BCUT2D eigenvalue weighted by molar-refractivity contribution is -0.139. The average Bonchev–Trinajstić information content (AvgIpc) is 2.98. The number of nitrogens with zero attached hydrogens (tertiary/aromatic N) is 2. The number of carbonyl (C=O) groups is 2. The maximum Gasteiger partial charge on any atom is 0.264 e. The number of ether oxygens (including phenoxy) is 2. The van der Waals surface area contributed by atoms with E-state index in [4.69, 9.17) is 9.47 Å². The highest BCUT2D eigenvalue weighted by Gasteiger charge is 2.34. The fourth-order valence-corrected chi connectivity index (χ4v) is 5.59. The van der Waals surface area contributed by atoms with Crippen LogP contribution < -0.4 is 19.1 Å². The summed E-state index contributed by atoms with van der Waals surface area (Å²) in [5.74, 6) is -0.247. The van der Waals surface area contributed by atoms with Gasteiger partial charge in [-0.1, -0.05) is 55.0 Å². The first-order valence-electron chi connectivity index (χ1n) is 13.5. The second kappa shape index (κ2) is 14.0. The first kappa shape index (κ1) is 31.5. The van der Waals surface area contributed by atoms with Gasteiger partial charge >= 0.3 is 0 Å². The molecule has 3 aromatic rings. The molecule has 2 atom stereocenters. The number of sulfonamides is 1. The van der Waals surface area contributed by atoms with Gasteiger partial charge in [-0.15, -0.1) is 0 Å². The van der Waals surface area contributed by atoms with Crippen molar-refractivity contribution in [2.24, 2.45) is 0 Å². The topological polar surface area (TPSA) is 105 Å². The van der Waals surface area contributed by atoms with Crippen molar-refractivity contribution in [1.82, 2.24) is 10.2 Å². The van der Waals surface area contributed by atoms with Gasteiger partial charge in [0.25, 0.3) is 10.0 Å². The van der Waals surface area contributed by atoms with Crippen molar-refractivity contribution in [2.75, 3.05) is 25.1 Å². The zero-order valence-electron chi connectivity index (χ0n) is 24.5. The van der Waals surface area contributed by atoms with Crippen LogP contribution in [0.2, 0.25) is 0 Å². The number of methoxy groups -OCH3 is 2. The van der Waals surface area contributed by atoms with Crippen LogP contribution in [0.3, 0.4) is 0 Å². The van der Waals surface area contributed by atoms with Crippen molar-refractivity contribution < 1.29 is 27.5 Å². The Bertz CT molecular complexity index is 1430. The number of rotatable bonds is 13. The van der Waals surface area contributed by atoms with E-state index in [1.807, 2.05) is 51.1 Å². The minimum atomic E-state index is -4.25. The van der Waals surface area contributed by atoms with E-state index in [1.54, 1.807) is 31.2 Å². The van der Waals surface area contributed by atoms with E-state index in [0.29, 0.717) is 5.75 Å². The van der Waals surface area contributed by atoms with Gasteiger partial charge in [-0.25, -0.2) is 8.42 Å². The zero-order valence-corrected chi connectivity index (χ0v) is 25.3. The Morgan fingerprint density at radius 2 is 1.59 bits per heavy atom. The molecule has 0 aliphatic heterocycles. The largest absolute Gasteiger partial charge is 0.497 e. The highest BCUT2D eigenvalue weighted by atomic mass is 32.2. The van der Waals surface area contributed by atoms with Crippen LogP contribution in [-0.2, 0) is 26.2 Å². The smallest absolute Gasteiger partial charge is 0.264 e. The molecule has 9 nitrogen and oxygen atoms in total. The molecule has 0 aromatic heterocycles. The molecule has 2 unspecified atom stereocenters. The van der Waals surface area contributed by atoms with Crippen molar-refractivity contribution in [2.45, 2.75) is 57.6 Å². The number of benzene rings is 3. The molecule has 1 N–H and O–H groups in total. The molecule has 3 aromatic carbocycles. The third-order valence-corrected chi connectivity index (χ3v) is 8.68. The van der Waals surface area contributed by atoms with Gasteiger partial charge in [-0.2, -0.15) is 0 Å². The monoisotopic (exact) mass is 581 g/mol. The fourth-order valence-electron chi connectivity index (χ4n) is 4.17. The highest BCUT2D eigenvalue weighted by molar-refractivity contribution is 7.92. The van der Waals surface area contributed by atoms with Crippen molar-refractivity contribution in [3.8, 4) is 11.5 Å². The molecule has 0 fully saturated rings. The summed E-state index contributed by atoms with van der Waals surface area (Å²) in [7, 11) is -1.36. The van der Waals surface area contributed by atoms with E-state index in [0.717, 1.165) is 21.9 Å². The molecular weight excluding hydrogens is 542 g/mol. The fraction of sp³-hybridized carbons (Fsp3) is 0.355. The lowest BCUT2D eigenvalue weighted by Crippen LogP contribution is -2.52. The maximum absolute atomic E-state index is 14.1. The molecule has 3 rings (SSSR count). The summed E-state index contributed by atoms with van der Waals surface area (Å²) in [6.45, 7) is 6.88. The number of anilines is 1. The number of amides is 2. The summed E-state index contributed by atoms with van der Waals surface area (Å²) in [6.07, 6.45) is 0.725. The number of hydrogen-bond acceptors (Lipinski definition) is 6. The molecular formula is C31H39N3O6S. The van der Waals surface area contributed by atoms with Gasteiger partial charge < -0.3 is 19.7 Å². The van der Waals surface area contributed by atoms with Gasteiger partial charge in [0, 0.05) is 18.7 Å². The third-order valence-electron chi connectivity index (χ3n) is 6.91. The third kappa shape index (κ3) is 7.79. The van der Waals surface area contributed by atoms with Crippen LogP contribution in [0.1, 0.15) is 38.3 Å². The Morgan fingerprint density at radius 1 is 0.927 bits per heavy atom. The van der Waals surface area contributed by atoms with Crippen LogP contribution in [0.25, 0.3) is 0 Å². The molecule has 0 saturated carbocycles. The molecule has 0 spiro atoms. The van der Waals surface area contributed by atoms with Crippen LogP contribution in [0.4, 0.5) is 5.69 Å². The number of carbonyl (C=O) groups excluding carboxylic acids is 2. The van der Waals surface area contributed by atoms with Gasteiger partial charge in [-0.3, -0.25) is 13.9 Å². The van der Waals surface area contributed by atoms with Gasteiger partial charge in [0.15, 0.2) is 0 Å². The molecule has 0 aliphatic rings. The first-order valence-corrected chi connectivity index (χ1v) is 14.9. The lowest BCUT2D eigenvalue weighted by Gasteiger charge is -2.33. The van der Waals surface area contributed by atoms with Crippen LogP contribution >= 0.6 is 0 Å². The predicted molar refractivity (Wildman–Crippen MR) is 160 cm³/mol. The quantitative estimate of drug-likeness (QED) is 0.318. The minimum absolute atomic E-state index is 0.0120. The zero-order chi connectivity index (χ0) is 30.2. The SMILES string of the molecule is CCC(C)NC(=O)C(C)N(Cc1ccccc1)C(=O)CN(c1cc(OC)ccc1OC)S(=O)(=O)c1ccc(C)cc1. The molecule has 41 heavy (non-hydrogen) atoms. The van der Waals surface area contributed by atoms with E-state index >= 15 is 0 Å². The van der Waals surface area contributed by atoms with Crippen LogP contribution in [-0.4, -0.2) is 58.0 Å². The Balaban J connectivity index is 2.10. The Labute approximate surface area is 243 Å². The lowest BCUT2D eigenvalue weighted by atomic mass is 10.1. The normalized spacial score (nSPS) is 12.6. The van der Waals surface area contributed by atoms with E-state index in [2.05, 4.69) is 5.32 Å². The van der Waals surface area contributed by atoms with Crippen molar-refractivity contribution in [1.29, 1.82) is 0 Å². The Morgan fingerprint density at radius 3 is 2.17 bits per heavy atom. The van der Waals surface area contributed by atoms with E-state index in [-0.39, 0.29) is 34.8 Å². The van der Waals surface area contributed by atoms with Crippen LogP contribution in [0, 0.1) is 6.92 Å². The second-order valence-corrected chi connectivity index (χ2v) is 11.7. The predicted octanol–water partition coefficient (Wildman–Crippen LogP) is 4.54. The van der Waals surface area contributed by atoms with Crippen molar-refractivity contribution >= 4 is 27.5 Å². The summed E-state index contributed by atoms with van der Waals surface area (Å²) in [4.78, 5) is 28.7. The highest BCUT2D eigenvalue weighted by Crippen LogP contribution is 2.36. The van der Waals surface area contributed by atoms with Crippen LogP contribution in [0.15, 0.2) is 77.7 Å². The summed E-state index contributed by atoms with van der Waals surface area (Å²) in [6, 6.07) is 19.4. The molecule has 0 saturated heterocycles. The van der Waals surface area contributed by atoms with Gasteiger partial charge in [0.05, 0.1) is 24.8 Å². The molecule has 220 valence electrons. The standard InChI is InChI=1S/C31H39N3O6S/c1-7-23(3)32-31(36)24(4)33(20-25-11-9-8-10-12-25)30(35)21-34(28-19-26(39-5)15-18-29(28)40-6)41(37,38)27-16-13-22(2)14-17-27/h8-19,23-24H,7,20-21H2,1-6H3,(H,32,36). The molecule has 2 amide bonds. The van der Waals surface area contributed by atoms with Gasteiger partial charge in [0.1, 0.15) is 24.1 Å². The molecule has 10 heteroatoms. The van der Waals surface area contributed by atoms with Gasteiger partial charge in [0.2, 0.25) is 11.8 Å². The molecule has 0 bridgehead atoms.